The van der Waals surface area contributed by atoms with Crippen molar-refractivity contribution in [3.8, 4) is 0 Å². The molecule has 0 spiro atoms. The summed E-state index contributed by atoms with van der Waals surface area (Å²) in [7, 11) is -3.35. The van der Waals surface area contributed by atoms with Crippen molar-refractivity contribution in [2.75, 3.05) is 25.0 Å². The van der Waals surface area contributed by atoms with Gasteiger partial charge < -0.3 is 5.32 Å². The van der Waals surface area contributed by atoms with Crippen LogP contribution in [0.4, 0.5) is 5.82 Å². The molecule has 1 fully saturated rings. The molecule has 10 heteroatoms. The number of hydrogen-bond donors (Lipinski definition) is 1. The predicted molar refractivity (Wildman–Crippen MR) is 119 cm³/mol. The second-order valence-corrected chi connectivity index (χ2v) is 12.0. The molecule has 4 heterocycles. The van der Waals surface area contributed by atoms with Gasteiger partial charge in [-0.05, 0) is 43.5 Å². The fourth-order valence-electron chi connectivity index (χ4n) is 3.53. The monoisotopic (exact) mass is 448 g/mol. The maximum absolute atomic E-state index is 12.8. The zero-order valence-electron chi connectivity index (χ0n) is 17.6. The molecule has 0 unspecified atom stereocenters. The average molecular weight is 449 g/mol. The molecule has 3 aromatic heterocycles. The Balaban J connectivity index is 1.40. The van der Waals surface area contributed by atoms with Crippen molar-refractivity contribution in [2.24, 2.45) is 0 Å². The number of sulfonamides is 1. The molecular formula is C20H28N6O2S2. The molecule has 3 aromatic rings. The zero-order chi connectivity index (χ0) is 21.4. The van der Waals surface area contributed by atoms with Gasteiger partial charge in [0.1, 0.15) is 10.0 Å². The SMILES string of the molecule is CC(C)(C)c1nnc2ccc(NCCc3ccc(S(=O)(=O)N4CCCCC4)s3)nn12. The van der Waals surface area contributed by atoms with Crippen LogP contribution in [0.1, 0.15) is 50.7 Å². The van der Waals surface area contributed by atoms with Gasteiger partial charge in [-0.15, -0.1) is 26.6 Å². The standard InChI is InChI=1S/C20H28N6O2S2/c1-20(2,3)19-23-22-17-9-8-16(24-26(17)19)21-12-11-15-7-10-18(29-15)30(27,28)25-13-5-4-6-14-25/h7-10H,4-6,11-14H2,1-3H3,(H,21,24). The molecule has 4 rings (SSSR count). The van der Waals surface area contributed by atoms with Crippen LogP contribution in [0.3, 0.4) is 0 Å². The summed E-state index contributed by atoms with van der Waals surface area (Å²) in [5.74, 6) is 1.55. The number of rotatable bonds is 6. The Kier molecular flexibility index (Phi) is 5.82. The Bertz CT molecular complexity index is 1120. The third-order valence-electron chi connectivity index (χ3n) is 5.16. The van der Waals surface area contributed by atoms with E-state index in [9.17, 15) is 8.42 Å². The smallest absolute Gasteiger partial charge is 0.252 e. The molecule has 8 nitrogen and oxygen atoms in total. The van der Waals surface area contributed by atoms with Crippen LogP contribution in [0.15, 0.2) is 28.5 Å². The summed E-state index contributed by atoms with van der Waals surface area (Å²) in [4.78, 5) is 1.04. The van der Waals surface area contributed by atoms with Crippen molar-refractivity contribution < 1.29 is 8.42 Å². The Labute approximate surface area is 181 Å². The van der Waals surface area contributed by atoms with Crippen molar-refractivity contribution in [3.63, 3.8) is 0 Å². The molecule has 0 aromatic carbocycles. The third-order valence-corrected chi connectivity index (χ3v) is 8.67. The Morgan fingerprint density at radius 1 is 1.07 bits per heavy atom. The zero-order valence-corrected chi connectivity index (χ0v) is 19.3. The van der Waals surface area contributed by atoms with Crippen LogP contribution < -0.4 is 5.32 Å². The van der Waals surface area contributed by atoms with Crippen LogP contribution in [0.5, 0.6) is 0 Å². The summed E-state index contributed by atoms with van der Waals surface area (Å²) in [6, 6.07) is 7.43. The van der Waals surface area contributed by atoms with Gasteiger partial charge in [0.15, 0.2) is 11.5 Å². The van der Waals surface area contributed by atoms with Gasteiger partial charge in [-0.1, -0.05) is 27.2 Å². The lowest BCUT2D eigenvalue weighted by Crippen LogP contribution is -2.35. The average Bonchev–Trinajstić information content (AvgIpc) is 3.35. The minimum absolute atomic E-state index is 0.155. The molecule has 0 atom stereocenters. The normalized spacial score (nSPS) is 16.2. The van der Waals surface area contributed by atoms with Gasteiger partial charge in [0, 0.05) is 29.9 Å². The molecule has 0 bridgehead atoms. The van der Waals surface area contributed by atoms with E-state index in [1.54, 1.807) is 14.9 Å². The van der Waals surface area contributed by atoms with E-state index in [-0.39, 0.29) is 5.41 Å². The Morgan fingerprint density at radius 3 is 2.57 bits per heavy atom. The van der Waals surface area contributed by atoms with Crippen LogP contribution in [0.2, 0.25) is 0 Å². The van der Waals surface area contributed by atoms with Crippen LogP contribution in [-0.2, 0) is 21.9 Å². The summed E-state index contributed by atoms with van der Waals surface area (Å²) < 4.78 is 29.4. The van der Waals surface area contributed by atoms with E-state index in [1.807, 2.05) is 18.2 Å². The summed E-state index contributed by atoms with van der Waals surface area (Å²) in [6.45, 7) is 8.16. The fourth-order valence-corrected chi connectivity index (χ4v) is 6.56. The van der Waals surface area contributed by atoms with Gasteiger partial charge in [0.05, 0.1) is 0 Å². The van der Waals surface area contributed by atoms with Crippen molar-refractivity contribution in [3.05, 3.63) is 35.0 Å². The van der Waals surface area contributed by atoms with E-state index in [4.69, 9.17) is 0 Å². The van der Waals surface area contributed by atoms with Crippen LogP contribution in [-0.4, -0.2) is 52.2 Å². The largest absolute Gasteiger partial charge is 0.368 e. The highest BCUT2D eigenvalue weighted by Crippen LogP contribution is 2.27. The van der Waals surface area contributed by atoms with E-state index < -0.39 is 10.0 Å². The van der Waals surface area contributed by atoms with Crippen molar-refractivity contribution in [2.45, 2.75) is 56.1 Å². The number of nitrogens with zero attached hydrogens (tertiary/aromatic N) is 5. The molecular weight excluding hydrogens is 420 g/mol. The number of nitrogens with one attached hydrogen (secondary N) is 1. The van der Waals surface area contributed by atoms with Gasteiger partial charge in [0.25, 0.3) is 10.0 Å². The molecule has 0 aliphatic carbocycles. The molecule has 30 heavy (non-hydrogen) atoms. The number of piperidine rings is 1. The number of anilines is 1. The molecule has 1 N–H and O–H groups in total. The number of thiophene rings is 1. The highest BCUT2D eigenvalue weighted by molar-refractivity contribution is 7.91. The van der Waals surface area contributed by atoms with Gasteiger partial charge >= 0.3 is 0 Å². The molecule has 1 saturated heterocycles. The molecule has 0 saturated carbocycles. The number of hydrogen-bond acceptors (Lipinski definition) is 7. The topological polar surface area (TPSA) is 92.5 Å². The Morgan fingerprint density at radius 2 is 1.83 bits per heavy atom. The molecule has 162 valence electrons. The lowest BCUT2D eigenvalue weighted by atomic mass is 9.96. The maximum atomic E-state index is 12.8. The first-order valence-corrected chi connectivity index (χ1v) is 12.6. The fraction of sp³-hybridized carbons (Fsp3) is 0.550. The van der Waals surface area contributed by atoms with Crippen LogP contribution >= 0.6 is 11.3 Å². The summed E-state index contributed by atoms with van der Waals surface area (Å²) >= 11 is 1.36. The predicted octanol–water partition coefficient (Wildman–Crippen LogP) is 3.31. The Hall–Kier alpha value is -2.04. The van der Waals surface area contributed by atoms with E-state index >= 15 is 0 Å². The first-order valence-electron chi connectivity index (χ1n) is 10.3. The second kappa shape index (κ2) is 8.24. The molecule has 0 radical (unpaired) electrons. The minimum Gasteiger partial charge on any atom is -0.368 e. The van der Waals surface area contributed by atoms with Gasteiger partial charge in [-0.25, -0.2) is 8.42 Å². The summed E-state index contributed by atoms with van der Waals surface area (Å²) in [6.07, 6.45) is 3.73. The highest BCUT2D eigenvalue weighted by Gasteiger charge is 2.27. The first-order chi connectivity index (χ1) is 14.2. The van der Waals surface area contributed by atoms with Gasteiger partial charge in [-0.3, -0.25) is 0 Å². The van der Waals surface area contributed by atoms with E-state index in [0.29, 0.717) is 23.8 Å². The maximum Gasteiger partial charge on any atom is 0.252 e. The summed E-state index contributed by atoms with van der Waals surface area (Å²) in [5, 5.41) is 16.4. The third kappa shape index (κ3) is 4.35. The number of fused-ring (bicyclic) bond motifs is 1. The van der Waals surface area contributed by atoms with E-state index in [2.05, 4.69) is 41.4 Å². The lowest BCUT2D eigenvalue weighted by molar-refractivity contribution is 0.347. The summed E-state index contributed by atoms with van der Waals surface area (Å²) in [5.41, 5.74) is 0.564. The minimum atomic E-state index is -3.35. The lowest BCUT2D eigenvalue weighted by Gasteiger charge is -2.25. The molecule has 0 amide bonds. The quantitative estimate of drug-likeness (QED) is 0.622. The highest BCUT2D eigenvalue weighted by atomic mass is 32.2. The van der Waals surface area contributed by atoms with Crippen molar-refractivity contribution in [1.29, 1.82) is 0 Å². The van der Waals surface area contributed by atoms with Crippen molar-refractivity contribution in [1.82, 2.24) is 24.1 Å². The van der Waals surface area contributed by atoms with E-state index in [0.717, 1.165) is 47.8 Å². The first kappa shape index (κ1) is 21.2. The van der Waals surface area contributed by atoms with Crippen LogP contribution in [0, 0.1) is 0 Å². The van der Waals surface area contributed by atoms with E-state index in [1.165, 1.54) is 11.3 Å². The number of aromatic nitrogens is 4. The van der Waals surface area contributed by atoms with Crippen LogP contribution in [0.25, 0.3) is 5.65 Å². The van der Waals surface area contributed by atoms with Crippen molar-refractivity contribution >= 4 is 32.8 Å². The molecule has 1 aliphatic rings. The molecule has 1 aliphatic heterocycles. The van der Waals surface area contributed by atoms with Gasteiger partial charge in [0.2, 0.25) is 0 Å². The van der Waals surface area contributed by atoms with Gasteiger partial charge in [-0.2, -0.15) is 8.82 Å². The second-order valence-electron chi connectivity index (χ2n) is 8.62.